The summed E-state index contributed by atoms with van der Waals surface area (Å²) in [7, 11) is -3.70. The third-order valence-corrected chi connectivity index (χ3v) is 4.73. The molecule has 0 aromatic carbocycles. The van der Waals surface area contributed by atoms with Gasteiger partial charge in [-0.3, -0.25) is 4.79 Å². The van der Waals surface area contributed by atoms with Crippen LogP contribution in [0.15, 0.2) is 0 Å². The number of carboxylic acid groups (broad SMARTS) is 1. The molecule has 0 aliphatic carbocycles. The zero-order valence-corrected chi connectivity index (χ0v) is 11.9. The van der Waals surface area contributed by atoms with Crippen LogP contribution in [-0.2, 0) is 15.0 Å². The molecule has 1 rings (SSSR count). The molecule has 2 atom stereocenters. The van der Waals surface area contributed by atoms with Gasteiger partial charge in [-0.25, -0.2) is 0 Å². The van der Waals surface area contributed by atoms with E-state index in [2.05, 4.69) is 4.72 Å². The number of hydrogen-bond acceptors (Lipinski definition) is 3. The van der Waals surface area contributed by atoms with Crippen LogP contribution in [0, 0.1) is 11.8 Å². The monoisotopic (exact) mass is 278 g/mol. The van der Waals surface area contributed by atoms with Crippen LogP contribution >= 0.6 is 0 Å². The van der Waals surface area contributed by atoms with Crippen LogP contribution in [0.4, 0.5) is 0 Å². The van der Waals surface area contributed by atoms with E-state index in [0.717, 1.165) is 12.8 Å². The van der Waals surface area contributed by atoms with Gasteiger partial charge < -0.3 is 5.11 Å². The Bertz CT molecular complexity index is 394. The van der Waals surface area contributed by atoms with Crippen LogP contribution in [0.25, 0.3) is 0 Å². The minimum absolute atomic E-state index is 0.292. The van der Waals surface area contributed by atoms with Gasteiger partial charge in [0.15, 0.2) is 0 Å². The molecule has 18 heavy (non-hydrogen) atoms. The van der Waals surface area contributed by atoms with E-state index in [4.69, 9.17) is 5.11 Å². The van der Waals surface area contributed by atoms with E-state index < -0.39 is 22.2 Å². The van der Waals surface area contributed by atoms with Crippen molar-refractivity contribution in [1.82, 2.24) is 9.03 Å². The molecule has 0 spiro atoms. The molecule has 1 saturated heterocycles. The quantitative estimate of drug-likeness (QED) is 0.773. The lowest BCUT2D eigenvalue weighted by Crippen LogP contribution is -2.52. The molecule has 0 radical (unpaired) electrons. The third-order valence-electron chi connectivity index (χ3n) is 3.17. The second kappa shape index (κ2) is 5.99. The summed E-state index contributed by atoms with van der Waals surface area (Å²) in [5.74, 6) is -1.12. The van der Waals surface area contributed by atoms with Crippen molar-refractivity contribution in [1.29, 1.82) is 0 Å². The fourth-order valence-electron chi connectivity index (χ4n) is 2.07. The summed E-state index contributed by atoms with van der Waals surface area (Å²) >= 11 is 0. The van der Waals surface area contributed by atoms with Crippen molar-refractivity contribution in [3.8, 4) is 0 Å². The van der Waals surface area contributed by atoms with Crippen LogP contribution in [0.1, 0.15) is 33.6 Å². The summed E-state index contributed by atoms with van der Waals surface area (Å²) in [6, 6.07) is -1.08. The van der Waals surface area contributed by atoms with Gasteiger partial charge in [-0.05, 0) is 24.7 Å². The van der Waals surface area contributed by atoms with Gasteiger partial charge in [0.2, 0.25) is 0 Å². The maximum atomic E-state index is 12.1. The lowest BCUT2D eigenvalue weighted by atomic mass is 10.0. The van der Waals surface area contributed by atoms with Crippen LogP contribution in [-0.4, -0.2) is 42.9 Å². The smallest absolute Gasteiger partial charge is 0.322 e. The number of piperidine rings is 1. The normalized spacial score (nSPS) is 24.1. The second-order valence-electron chi connectivity index (χ2n) is 5.29. The molecule has 1 aliphatic rings. The Morgan fingerprint density at radius 1 is 1.44 bits per heavy atom. The van der Waals surface area contributed by atoms with Gasteiger partial charge in [0, 0.05) is 13.1 Å². The Hall–Kier alpha value is -0.660. The van der Waals surface area contributed by atoms with E-state index in [1.54, 1.807) is 13.8 Å². The molecule has 106 valence electrons. The molecule has 7 heteroatoms. The largest absolute Gasteiger partial charge is 0.480 e. The summed E-state index contributed by atoms with van der Waals surface area (Å²) in [6.07, 6.45) is 1.83. The molecule has 1 fully saturated rings. The SMILES string of the molecule is CC1CCCN(S(=O)(=O)N[C@H](C(=O)O)C(C)C)C1. The first kappa shape index (κ1) is 15.4. The zero-order chi connectivity index (χ0) is 13.9. The first-order valence-electron chi connectivity index (χ1n) is 6.24. The highest BCUT2D eigenvalue weighted by Crippen LogP contribution is 2.18. The standard InChI is InChI=1S/C11H22N2O4S/c1-8(2)10(11(14)15)12-18(16,17)13-6-4-5-9(3)7-13/h8-10,12H,4-7H2,1-3H3,(H,14,15)/t9?,10-/m0/s1. The van der Waals surface area contributed by atoms with E-state index in [0.29, 0.717) is 19.0 Å². The first-order chi connectivity index (χ1) is 8.24. The number of carboxylic acids is 1. The summed E-state index contributed by atoms with van der Waals surface area (Å²) in [5.41, 5.74) is 0. The maximum Gasteiger partial charge on any atom is 0.322 e. The fourth-order valence-corrected chi connectivity index (χ4v) is 3.73. The third kappa shape index (κ3) is 3.93. The lowest BCUT2D eigenvalue weighted by Gasteiger charge is -2.31. The minimum Gasteiger partial charge on any atom is -0.480 e. The summed E-state index contributed by atoms with van der Waals surface area (Å²) in [4.78, 5) is 11.0. The number of nitrogens with zero attached hydrogens (tertiary/aromatic N) is 1. The van der Waals surface area contributed by atoms with Crippen LogP contribution < -0.4 is 4.72 Å². The zero-order valence-electron chi connectivity index (χ0n) is 11.1. The number of hydrogen-bond donors (Lipinski definition) is 2. The Kier molecular flexibility index (Phi) is 5.12. The van der Waals surface area contributed by atoms with E-state index in [1.807, 2.05) is 6.92 Å². The van der Waals surface area contributed by atoms with Gasteiger partial charge in [-0.1, -0.05) is 20.8 Å². The average molecular weight is 278 g/mol. The predicted molar refractivity (Wildman–Crippen MR) is 68.3 cm³/mol. The van der Waals surface area contributed by atoms with Crippen molar-refractivity contribution in [2.24, 2.45) is 11.8 Å². The van der Waals surface area contributed by atoms with Crippen molar-refractivity contribution in [2.45, 2.75) is 39.7 Å². The molecule has 1 unspecified atom stereocenters. The maximum absolute atomic E-state index is 12.1. The lowest BCUT2D eigenvalue weighted by molar-refractivity contribution is -0.140. The van der Waals surface area contributed by atoms with Crippen molar-refractivity contribution in [3.05, 3.63) is 0 Å². The molecule has 6 nitrogen and oxygen atoms in total. The minimum atomic E-state index is -3.70. The molecule has 1 aliphatic heterocycles. The van der Waals surface area contributed by atoms with Gasteiger partial charge in [0.05, 0.1) is 0 Å². The van der Waals surface area contributed by atoms with Gasteiger partial charge >= 0.3 is 5.97 Å². The van der Waals surface area contributed by atoms with Crippen LogP contribution in [0.2, 0.25) is 0 Å². The predicted octanol–water partition coefficient (Wildman–Crippen LogP) is 0.662. The summed E-state index contributed by atoms with van der Waals surface area (Å²) in [6.45, 7) is 6.28. The molecule has 0 aromatic heterocycles. The van der Waals surface area contributed by atoms with Gasteiger partial charge in [0.1, 0.15) is 6.04 Å². The van der Waals surface area contributed by atoms with Gasteiger partial charge in [0.25, 0.3) is 10.2 Å². The topological polar surface area (TPSA) is 86.7 Å². The highest BCUT2D eigenvalue weighted by Gasteiger charge is 2.32. The number of nitrogens with one attached hydrogen (secondary N) is 1. The van der Waals surface area contributed by atoms with Crippen molar-refractivity contribution in [3.63, 3.8) is 0 Å². The van der Waals surface area contributed by atoms with Crippen molar-refractivity contribution < 1.29 is 18.3 Å². The highest BCUT2D eigenvalue weighted by molar-refractivity contribution is 7.87. The molecule has 2 N–H and O–H groups in total. The Morgan fingerprint density at radius 3 is 2.50 bits per heavy atom. The average Bonchev–Trinajstić information content (AvgIpc) is 2.25. The molecule has 1 heterocycles. The Morgan fingerprint density at radius 2 is 2.06 bits per heavy atom. The van der Waals surface area contributed by atoms with Crippen LogP contribution in [0.5, 0.6) is 0 Å². The summed E-state index contributed by atoms with van der Waals surface area (Å²) in [5, 5.41) is 9.01. The van der Waals surface area contributed by atoms with Gasteiger partial charge in [-0.15, -0.1) is 0 Å². The van der Waals surface area contributed by atoms with Crippen LogP contribution in [0.3, 0.4) is 0 Å². The van der Waals surface area contributed by atoms with Crippen molar-refractivity contribution in [2.75, 3.05) is 13.1 Å². The van der Waals surface area contributed by atoms with E-state index >= 15 is 0 Å². The molecule has 0 amide bonds. The Labute approximate surface area is 109 Å². The highest BCUT2D eigenvalue weighted by atomic mass is 32.2. The molecular weight excluding hydrogens is 256 g/mol. The van der Waals surface area contributed by atoms with Crippen molar-refractivity contribution >= 4 is 16.2 Å². The molecular formula is C11H22N2O4S. The van der Waals surface area contributed by atoms with Gasteiger partial charge in [-0.2, -0.15) is 17.4 Å². The number of carbonyl (C=O) groups is 1. The molecule has 0 bridgehead atoms. The molecule has 0 saturated carbocycles. The summed E-state index contributed by atoms with van der Waals surface area (Å²) < 4.78 is 27.8. The number of aliphatic carboxylic acids is 1. The number of rotatable bonds is 5. The van der Waals surface area contributed by atoms with E-state index in [9.17, 15) is 13.2 Å². The first-order valence-corrected chi connectivity index (χ1v) is 7.68. The second-order valence-corrected chi connectivity index (χ2v) is 6.99. The molecule has 0 aromatic rings. The Balaban J connectivity index is 2.77. The fraction of sp³-hybridized carbons (Fsp3) is 0.909. The van der Waals surface area contributed by atoms with E-state index in [1.165, 1.54) is 4.31 Å². The van der Waals surface area contributed by atoms with E-state index in [-0.39, 0.29) is 5.92 Å².